The van der Waals surface area contributed by atoms with Gasteiger partial charge in [-0.2, -0.15) is 0 Å². The zero-order valence-corrected chi connectivity index (χ0v) is 20.1. The van der Waals surface area contributed by atoms with Crippen LogP contribution in [0.4, 0.5) is 0 Å². The highest BCUT2D eigenvalue weighted by atomic mass is 16.5. The van der Waals surface area contributed by atoms with Crippen LogP contribution in [0, 0.1) is 0 Å². The molecule has 1 heterocycles. The smallest absolute Gasteiger partial charge is 0.337 e. The number of hydrogen-bond acceptors (Lipinski definition) is 9. The predicted molar refractivity (Wildman–Crippen MR) is 131 cm³/mol. The highest BCUT2D eigenvalue weighted by molar-refractivity contribution is 5.93. The summed E-state index contributed by atoms with van der Waals surface area (Å²) in [5.74, 6) is -3.72. The molecule has 9 N–H and O–H groups in total. The normalized spacial score (nSPS) is 21.0. The molecule has 0 aliphatic carbocycles. The lowest BCUT2D eigenvalue weighted by Crippen LogP contribution is -2.56. The maximum Gasteiger partial charge on any atom is 0.337 e. The van der Waals surface area contributed by atoms with Crippen LogP contribution in [0.15, 0.2) is 36.4 Å². The Labute approximate surface area is 212 Å². The van der Waals surface area contributed by atoms with Gasteiger partial charge in [-0.3, -0.25) is 9.59 Å². The Morgan fingerprint density at radius 3 is 2.46 bits per heavy atom. The summed E-state index contributed by atoms with van der Waals surface area (Å²) < 4.78 is 4.83. The average Bonchev–Trinajstić information content (AvgIpc) is 2.87. The number of esters is 1. The second-order valence-corrected chi connectivity index (χ2v) is 8.85. The molecule has 12 nitrogen and oxygen atoms in total. The number of carbonyl (C=O) groups is 4. The minimum absolute atomic E-state index is 0.0966. The van der Waals surface area contributed by atoms with E-state index in [1.165, 1.54) is 19.2 Å². The molecule has 1 aliphatic rings. The van der Waals surface area contributed by atoms with Crippen LogP contribution in [0.1, 0.15) is 27.9 Å². The Kier molecular flexibility index (Phi) is 8.81. The molecule has 0 spiro atoms. The van der Waals surface area contributed by atoms with Crippen molar-refractivity contribution in [2.75, 3.05) is 13.7 Å². The number of nitrogens with one attached hydrogen (secondary N) is 2. The first-order valence-corrected chi connectivity index (χ1v) is 11.5. The highest BCUT2D eigenvalue weighted by Crippen LogP contribution is 2.29. The van der Waals surface area contributed by atoms with Crippen molar-refractivity contribution in [3.8, 4) is 16.9 Å². The number of carbonyl (C=O) groups excluding carboxylic acids is 3. The summed E-state index contributed by atoms with van der Waals surface area (Å²) in [7, 11) is 1.21. The van der Waals surface area contributed by atoms with Crippen molar-refractivity contribution in [1.29, 1.82) is 0 Å². The predicted octanol–water partition coefficient (Wildman–Crippen LogP) is -0.964. The third kappa shape index (κ3) is 6.82. The van der Waals surface area contributed by atoms with Crippen LogP contribution in [-0.4, -0.2) is 77.0 Å². The number of hydrogen-bond donors (Lipinski definition) is 7. The van der Waals surface area contributed by atoms with Crippen LogP contribution in [0.25, 0.3) is 11.1 Å². The molecule has 198 valence electrons. The molecule has 4 atom stereocenters. The first-order chi connectivity index (χ1) is 17.5. The van der Waals surface area contributed by atoms with Gasteiger partial charge in [-0.25, -0.2) is 9.59 Å². The van der Waals surface area contributed by atoms with Crippen molar-refractivity contribution in [2.24, 2.45) is 11.5 Å². The Morgan fingerprint density at radius 1 is 1.08 bits per heavy atom. The molecular weight excluding hydrogens is 484 g/mol. The second-order valence-electron chi connectivity index (χ2n) is 8.85. The van der Waals surface area contributed by atoms with E-state index >= 15 is 0 Å². The molecule has 1 unspecified atom stereocenters. The molecule has 0 saturated heterocycles. The fourth-order valence-electron chi connectivity index (χ4n) is 4.06. The van der Waals surface area contributed by atoms with Crippen LogP contribution in [-0.2, 0) is 32.0 Å². The number of rotatable bonds is 5. The third-order valence-electron chi connectivity index (χ3n) is 6.07. The standard InChI is InChI=1S/C25H30N4O8/c1-37-25(36)16-5-12-4-14(8-16)13-2-3-21(31)15(7-13)9-18(27)22(32)28-19(10-17(30)11-26)23(33)29-20(6-12)24(34)35/h2-5,7-8,17-20,30-31H,6,9-11,26-27H2,1H3,(H,28,32)(H,29,33)(H,34,35)/t17-,18?,19+,20+/m1/s1. The number of aliphatic hydroxyl groups is 1. The summed E-state index contributed by atoms with van der Waals surface area (Å²) in [4.78, 5) is 50.2. The van der Waals surface area contributed by atoms with Crippen LogP contribution in [0.3, 0.4) is 0 Å². The van der Waals surface area contributed by atoms with Crippen molar-refractivity contribution in [2.45, 2.75) is 43.5 Å². The number of aliphatic hydroxyl groups excluding tert-OH is 1. The van der Waals surface area contributed by atoms with E-state index in [9.17, 15) is 34.5 Å². The van der Waals surface area contributed by atoms with Gasteiger partial charge in [0.25, 0.3) is 0 Å². The fourth-order valence-corrected chi connectivity index (χ4v) is 4.06. The van der Waals surface area contributed by atoms with E-state index in [2.05, 4.69) is 10.6 Å². The lowest BCUT2D eigenvalue weighted by molar-refractivity contribution is -0.142. The van der Waals surface area contributed by atoms with Gasteiger partial charge in [0, 0.05) is 25.8 Å². The summed E-state index contributed by atoms with van der Waals surface area (Å²) in [6.07, 6.45) is -1.74. The summed E-state index contributed by atoms with van der Waals surface area (Å²) in [5, 5.41) is 35.0. The molecule has 0 radical (unpaired) electrons. The van der Waals surface area contributed by atoms with Gasteiger partial charge in [-0.05, 0) is 46.5 Å². The average molecular weight is 515 g/mol. The zero-order valence-electron chi connectivity index (χ0n) is 20.1. The number of carboxylic acid groups (broad SMARTS) is 1. The minimum atomic E-state index is -1.43. The number of phenols is 1. The molecule has 37 heavy (non-hydrogen) atoms. The van der Waals surface area contributed by atoms with Gasteiger partial charge in [0.2, 0.25) is 11.8 Å². The molecule has 0 fully saturated rings. The minimum Gasteiger partial charge on any atom is -0.508 e. The van der Waals surface area contributed by atoms with E-state index in [1.807, 2.05) is 0 Å². The lowest BCUT2D eigenvalue weighted by Gasteiger charge is -2.24. The number of aliphatic carboxylic acids is 1. The number of nitrogens with two attached hydrogens (primary N) is 2. The van der Waals surface area contributed by atoms with E-state index in [0.29, 0.717) is 22.3 Å². The second kappa shape index (κ2) is 11.8. The number of amides is 2. The van der Waals surface area contributed by atoms with E-state index in [4.69, 9.17) is 16.2 Å². The van der Waals surface area contributed by atoms with Crippen LogP contribution in [0.2, 0.25) is 0 Å². The Balaban J connectivity index is 2.15. The molecular formula is C25H30N4O8. The SMILES string of the molecule is COC(=O)c1cc2cc(c1)-c1ccc(O)c(c1)CC(N)C(=O)N[C@@H](C[C@@H](O)CN)C(=O)N[C@H](C(=O)O)C2. The first kappa shape index (κ1) is 27.6. The molecule has 0 saturated carbocycles. The number of aromatic hydroxyl groups is 1. The fraction of sp³-hybridized carbons (Fsp3) is 0.360. The van der Waals surface area contributed by atoms with Crippen LogP contribution in [0.5, 0.6) is 5.75 Å². The van der Waals surface area contributed by atoms with Gasteiger partial charge in [0.05, 0.1) is 24.8 Å². The van der Waals surface area contributed by atoms with E-state index in [0.717, 1.165) is 0 Å². The van der Waals surface area contributed by atoms with Crippen molar-refractivity contribution < 1.29 is 39.2 Å². The number of benzene rings is 2. The van der Waals surface area contributed by atoms with Crippen molar-refractivity contribution in [3.63, 3.8) is 0 Å². The van der Waals surface area contributed by atoms with E-state index in [1.54, 1.807) is 24.3 Å². The van der Waals surface area contributed by atoms with E-state index < -0.39 is 48.0 Å². The van der Waals surface area contributed by atoms with Crippen LogP contribution < -0.4 is 22.1 Å². The van der Waals surface area contributed by atoms with Crippen molar-refractivity contribution in [3.05, 3.63) is 53.1 Å². The van der Waals surface area contributed by atoms with Gasteiger partial charge < -0.3 is 42.2 Å². The maximum absolute atomic E-state index is 13.0. The third-order valence-corrected chi connectivity index (χ3v) is 6.07. The Bertz CT molecular complexity index is 1200. The van der Waals surface area contributed by atoms with Crippen molar-refractivity contribution >= 4 is 23.8 Å². The molecule has 4 bridgehead atoms. The Hall–Kier alpha value is -4.00. The first-order valence-electron chi connectivity index (χ1n) is 11.5. The molecule has 1 aliphatic heterocycles. The van der Waals surface area contributed by atoms with Gasteiger partial charge in [-0.1, -0.05) is 12.1 Å². The van der Waals surface area contributed by atoms with Crippen LogP contribution >= 0.6 is 0 Å². The summed E-state index contributed by atoms with van der Waals surface area (Å²) >= 11 is 0. The van der Waals surface area contributed by atoms with Gasteiger partial charge >= 0.3 is 11.9 Å². The lowest BCUT2D eigenvalue weighted by atomic mass is 9.94. The zero-order chi connectivity index (χ0) is 27.3. The highest BCUT2D eigenvalue weighted by Gasteiger charge is 2.30. The largest absolute Gasteiger partial charge is 0.508 e. The molecule has 12 heteroatoms. The number of carboxylic acids is 1. The van der Waals surface area contributed by atoms with E-state index in [-0.39, 0.29) is 37.1 Å². The summed E-state index contributed by atoms with van der Waals surface area (Å²) in [6.45, 7) is -0.197. The van der Waals surface area contributed by atoms with Gasteiger partial charge in [0.1, 0.15) is 17.8 Å². The number of ether oxygens (including phenoxy) is 1. The summed E-state index contributed by atoms with van der Waals surface area (Å²) in [5.41, 5.74) is 13.5. The topological polar surface area (TPSA) is 214 Å². The molecule has 0 aromatic heterocycles. The molecule has 2 amide bonds. The molecule has 2 aromatic carbocycles. The Morgan fingerprint density at radius 2 is 1.81 bits per heavy atom. The van der Waals surface area contributed by atoms with Gasteiger partial charge in [-0.15, -0.1) is 0 Å². The molecule has 3 rings (SSSR count). The monoisotopic (exact) mass is 514 g/mol. The number of phenolic OH excluding ortho intramolecular Hbond substituents is 1. The molecule has 2 aromatic rings. The summed E-state index contributed by atoms with van der Waals surface area (Å²) in [6, 6.07) is 5.34. The maximum atomic E-state index is 13.0. The number of methoxy groups -OCH3 is 1. The quantitative estimate of drug-likeness (QED) is 0.242. The van der Waals surface area contributed by atoms with Crippen molar-refractivity contribution in [1.82, 2.24) is 10.6 Å². The van der Waals surface area contributed by atoms with Gasteiger partial charge in [0.15, 0.2) is 0 Å². The number of fused-ring (bicyclic) bond motifs is 5.